The molecule has 0 spiro atoms. The van der Waals surface area contributed by atoms with Crippen molar-refractivity contribution in [3.8, 4) is 0 Å². The minimum Gasteiger partial charge on any atom is -0.369 e. The molecule has 7 heteroatoms. The molecule has 0 radical (unpaired) electrons. The highest BCUT2D eigenvalue weighted by molar-refractivity contribution is 5.80. The maximum absolute atomic E-state index is 12.9. The third-order valence-corrected chi connectivity index (χ3v) is 6.03. The van der Waals surface area contributed by atoms with Crippen molar-refractivity contribution in [1.82, 2.24) is 25.3 Å². The number of piperidine rings is 1. The topological polar surface area (TPSA) is 83.9 Å². The molecule has 162 valence electrons. The Morgan fingerprint density at radius 2 is 2.03 bits per heavy atom. The summed E-state index contributed by atoms with van der Waals surface area (Å²) in [6, 6.07) is 5.88. The standard InChI is InChI=1S/C24H30N6O/c1-4-20-21(5-2)29-23-22(28-20)12-19(14-26-23)30-11-7-9-18(15-30)24(31)27-16(3)17-8-6-10-25-13-17/h6,8,10,12-14,16,18H,4-5,7,9,11,15H2,1-3H3,(H,27,31)/t16-,18-/m1/s1. The first-order valence-corrected chi connectivity index (χ1v) is 11.2. The Hall–Kier alpha value is -3.09. The molecule has 4 heterocycles. The highest BCUT2D eigenvalue weighted by Gasteiger charge is 2.27. The molecule has 0 saturated carbocycles. The number of aromatic nitrogens is 4. The number of carbonyl (C=O) groups excluding carboxylic acids is 1. The number of hydrogen-bond acceptors (Lipinski definition) is 6. The Morgan fingerprint density at radius 3 is 2.77 bits per heavy atom. The van der Waals surface area contributed by atoms with E-state index >= 15 is 0 Å². The van der Waals surface area contributed by atoms with Crippen LogP contribution in [-0.4, -0.2) is 38.9 Å². The van der Waals surface area contributed by atoms with Crippen molar-refractivity contribution in [3.63, 3.8) is 0 Å². The number of pyridine rings is 2. The first-order chi connectivity index (χ1) is 15.1. The van der Waals surface area contributed by atoms with Gasteiger partial charge in [-0.3, -0.25) is 9.78 Å². The molecule has 1 amide bonds. The predicted molar refractivity (Wildman–Crippen MR) is 122 cm³/mol. The molecule has 1 aliphatic heterocycles. The Balaban J connectivity index is 1.48. The molecular weight excluding hydrogens is 388 g/mol. The Bertz CT molecular complexity index is 1050. The molecule has 0 aliphatic carbocycles. The summed E-state index contributed by atoms with van der Waals surface area (Å²) in [7, 11) is 0. The van der Waals surface area contributed by atoms with Gasteiger partial charge in [0.1, 0.15) is 5.52 Å². The molecular formula is C24H30N6O. The monoisotopic (exact) mass is 418 g/mol. The molecule has 0 aromatic carbocycles. The summed E-state index contributed by atoms with van der Waals surface area (Å²) in [5.74, 6) is 0.0405. The number of aryl methyl sites for hydroxylation is 2. The smallest absolute Gasteiger partial charge is 0.225 e. The average molecular weight is 419 g/mol. The van der Waals surface area contributed by atoms with Gasteiger partial charge in [-0.25, -0.2) is 15.0 Å². The molecule has 1 N–H and O–H groups in total. The second kappa shape index (κ2) is 9.37. The van der Waals surface area contributed by atoms with E-state index in [1.165, 1.54) is 0 Å². The van der Waals surface area contributed by atoms with E-state index in [4.69, 9.17) is 9.97 Å². The van der Waals surface area contributed by atoms with E-state index in [1.54, 1.807) is 12.4 Å². The summed E-state index contributed by atoms with van der Waals surface area (Å²) in [4.78, 5) is 33.4. The Labute approximate surface area is 183 Å². The zero-order valence-electron chi connectivity index (χ0n) is 18.5. The van der Waals surface area contributed by atoms with E-state index < -0.39 is 0 Å². The van der Waals surface area contributed by atoms with Crippen molar-refractivity contribution in [2.24, 2.45) is 5.92 Å². The summed E-state index contributed by atoms with van der Waals surface area (Å²) in [6.07, 6.45) is 8.98. The number of hydrogen-bond donors (Lipinski definition) is 1. The van der Waals surface area contributed by atoms with E-state index in [2.05, 4.69) is 40.1 Å². The van der Waals surface area contributed by atoms with Crippen molar-refractivity contribution in [1.29, 1.82) is 0 Å². The first kappa shape index (κ1) is 21.2. The van der Waals surface area contributed by atoms with Gasteiger partial charge >= 0.3 is 0 Å². The fourth-order valence-electron chi connectivity index (χ4n) is 4.22. The third kappa shape index (κ3) is 4.65. The number of nitrogens with one attached hydrogen (secondary N) is 1. The van der Waals surface area contributed by atoms with Crippen LogP contribution in [0.5, 0.6) is 0 Å². The van der Waals surface area contributed by atoms with Gasteiger partial charge in [-0.15, -0.1) is 0 Å². The van der Waals surface area contributed by atoms with Crippen LogP contribution in [0.3, 0.4) is 0 Å². The fraction of sp³-hybridized carbons (Fsp3) is 0.458. The van der Waals surface area contributed by atoms with Crippen LogP contribution >= 0.6 is 0 Å². The molecule has 1 fully saturated rings. The van der Waals surface area contributed by atoms with Crippen LogP contribution in [-0.2, 0) is 17.6 Å². The van der Waals surface area contributed by atoms with Gasteiger partial charge in [0.2, 0.25) is 5.91 Å². The number of amides is 1. The number of carbonyl (C=O) groups is 1. The lowest BCUT2D eigenvalue weighted by molar-refractivity contribution is -0.125. The summed E-state index contributed by atoms with van der Waals surface area (Å²) in [5.41, 5.74) is 5.59. The first-order valence-electron chi connectivity index (χ1n) is 11.2. The lowest BCUT2D eigenvalue weighted by Crippen LogP contribution is -2.43. The van der Waals surface area contributed by atoms with E-state index in [0.717, 1.165) is 60.4 Å². The van der Waals surface area contributed by atoms with Crippen LogP contribution in [0.2, 0.25) is 0 Å². The van der Waals surface area contributed by atoms with E-state index in [0.29, 0.717) is 12.2 Å². The van der Waals surface area contributed by atoms with Gasteiger partial charge in [0, 0.05) is 25.5 Å². The molecule has 3 aromatic rings. The number of rotatable bonds is 6. The summed E-state index contributed by atoms with van der Waals surface area (Å²) < 4.78 is 0. The van der Waals surface area contributed by atoms with Crippen molar-refractivity contribution in [3.05, 3.63) is 53.7 Å². The highest BCUT2D eigenvalue weighted by Crippen LogP contribution is 2.26. The lowest BCUT2D eigenvalue weighted by atomic mass is 9.96. The second-order valence-corrected chi connectivity index (χ2v) is 8.16. The summed E-state index contributed by atoms with van der Waals surface area (Å²) >= 11 is 0. The van der Waals surface area contributed by atoms with Gasteiger partial charge in [-0.1, -0.05) is 19.9 Å². The van der Waals surface area contributed by atoms with Crippen molar-refractivity contribution in [2.45, 2.75) is 52.5 Å². The Morgan fingerprint density at radius 1 is 1.23 bits per heavy atom. The quantitative estimate of drug-likeness (QED) is 0.658. The van der Waals surface area contributed by atoms with Gasteiger partial charge in [-0.2, -0.15) is 0 Å². The average Bonchev–Trinajstić information content (AvgIpc) is 2.83. The van der Waals surface area contributed by atoms with Crippen LogP contribution < -0.4 is 10.2 Å². The Kier molecular flexibility index (Phi) is 6.39. The molecule has 0 unspecified atom stereocenters. The molecule has 3 aromatic heterocycles. The molecule has 0 bridgehead atoms. The zero-order valence-corrected chi connectivity index (χ0v) is 18.5. The number of nitrogens with zero attached hydrogens (tertiary/aromatic N) is 5. The zero-order chi connectivity index (χ0) is 21.8. The minimum absolute atomic E-state index is 0.0525. The van der Waals surface area contributed by atoms with Gasteiger partial charge in [-0.05, 0) is 50.3 Å². The SMILES string of the molecule is CCc1nc2cc(N3CCC[C@@H](C(=O)N[C@H](C)c4cccnc4)C3)cnc2nc1CC. The van der Waals surface area contributed by atoms with Gasteiger partial charge < -0.3 is 10.2 Å². The number of fused-ring (bicyclic) bond motifs is 1. The fourth-order valence-corrected chi connectivity index (χ4v) is 4.22. The molecule has 4 rings (SSSR count). The van der Waals surface area contributed by atoms with Gasteiger partial charge in [0.15, 0.2) is 5.65 Å². The van der Waals surface area contributed by atoms with E-state index in [1.807, 2.05) is 25.3 Å². The van der Waals surface area contributed by atoms with Crippen LogP contribution in [0, 0.1) is 5.92 Å². The number of anilines is 1. The molecule has 1 aliphatic rings. The normalized spacial score (nSPS) is 17.5. The highest BCUT2D eigenvalue weighted by atomic mass is 16.2. The maximum atomic E-state index is 12.9. The molecule has 1 saturated heterocycles. The summed E-state index contributed by atoms with van der Waals surface area (Å²) in [6.45, 7) is 7.79. The van der Waals surface area contributed by atoms with Crippen LogP contribution in [0.1, 0.15) is 56.6 Å². The van der Waals surface area contributed by atoms with Crippen molar-refractivity contribution in [2.75, 3.05) is 18.0 Å². The predicted octanol–water partition coefficient (Wildman–Crippen LogP) is 3.64. The second-order valence-electron chi connectivity index (χ2n) is 8.16. The van der Waals surface area contributed by atoms with Gasteiger partial charge in [0.05, 0.1) is 35.2 Å². The maximum Gasteiger partial charge on any atom is 0.225 e. The molecule has 31 heavy (non-hydrogen) atoms. The van der Waals surface area contributed by atoms with E-state index in [-0.39, 0.29) is 17.9 Å². The van der Waals surface area contributed by atoms with Crippen LogP contribution in [0.25, 0.3) is 11.2 Å². The van der Waals surface area contributed by atoms with E-state index in [9.17, 15) is 4.79 Å². The van der Waals surface area contributed by atoms with Crippen molar-refractivity contribution < 1.29 is 4.79 Å². The molecule has 7 nitrogen and oxygen atoms in total. The summed E-state index contributed by atoms with van der Waals surface area (Å²) in [5, 5.41) is 3.15. The third-order valence-electron chi connectivity index (χ3n) is 6.03. The lowest BCUT2D eigenvalue weighted by Gasteiger charge is -2.34. The van der Waals surface area contributed by atoms with Crippen LogP contribution in [0.15, 0.2) is 36.8 Å². The van der Waals surface area contributed by atoms with Crippen LogP contribution in [0.4, 0.5) is 5.69 Å². The van der Waals surface area contributed by atoms with Crippen molar-refractivity contribution >= 4 is 22.8 Å². The minimum atomic E-state index is -0.0607. The largest absolute Gasteiger partial charge is 0.369 e. The molecule has 2 atom stereocenters. The van der Waals surface area contributed by atoms with Gasteiger partial charge in [0.25, 0.3) is 0 Å².